The topological polar surface area (TPSA) is 40.7 Å². The number of hydrogen-bond acceptors (Lipinski definition) is 2. The average molecular weight is 241 g/mol. The zero-order chi connectivity index (χ0) is 12.4. The minimum Gasteiger partial charge on any atom is -0.309 e. The van der Waals surface area contributed by atoms with Gasteiger partial charge in [0.2, 0.25) is 0 Å². The van der Waals surface area contributed by atoms with Gasteiger partial charge < -0.3 is 5.32 Å². The molecule has 2 N–H and O–H groups in total. The van der Waals surface area contributed by atoms with Crippen LogP contribution < -0.4 is 5.32 Å². The first-order valence-electron chi connectivity index (χ1n) is 6.68. The zero-order valence-corrected chi connectivity index (χ0v) is 10.7. The van der Waals surface area contributed by atoms with Crippen molar-refractivity contribution in [1.29, 1.82) is 0 Å². The van der Waals surface area contributed by atoms with Crippen molar-refractivity contribution in [2.45, 2.75) is 32.2 Å². The number of aromatic amines is 1. The van der Waals surface area contributed by atoms with Crippen LogP contribution in [0.15, 0.2) is 30.5 Å². The number of hydrogen-bond donors (Lipinski definition) is 2. The number of piperidine rings is 1. The van der Waals surface area contributed by atoms with Crippen LogP contribution in [0, 0.1) is 6.92 Å². The first-order chi connectivity index (χ1) is 8.84. The quantitative estimate of drug-likeness (QED) is 0.847. The third-order valence-corrected chi connectivity index (χ3v) is 3.66. The van der Waals surface area contributed by atoms with Crippen LogP contribution in [0.5, 0.6) is 0 Å². The molecule has 2 aromatic rings. The van der Waals surface area contributed by atoms with E-state index in [9.17, 15) is 0 Å². The Hall–Kier alpha value is -1.61. The van der Waals surface area contributed by atoms with Gasteiger partial charge in [0, 0.05) is 11.6 Å². The lowest BCUT2D eigenvalue weighted by molar-refractivity contribution is 0.405. The standard InChI is InChI=1S/C15H19N3/c1-11-5-4-6-12(9-11)13-10-17-18-15(13)14-7-2-3-8-16-14/h4-6,9-10,14,16H,2-3,7-8H2,1H3,(H,17,18). The molecule has 0 radical (unpaired) electrons. The molecule has 3 rings (SSSR count). The summed E-state index contributed by atoms with van der Waals surface area (Å²) >= 11 is 0. The maximum absolute atomic E-state index is 4.24. The Balaban J connectivity index is 1.95. The zero-order valence-electron chi connectivity index (χ0n) is 10.7. The van der Waals surface area contributed by atoms with Gasteiger partial charge in [-0.25, -0.2) is 0 Å². The molecule has 0 bridgehead atoms. The van der Waals surface area contributed by atoms with Gasteiger partial charge in [0.05, 0.1) is 11.9 Å². The van der Waals surface area contributed by atoms with Crippen molar-refractivity contribution in [2.24, 2.45) is 0 Å². The predicted octanol–water partition coefficient (Wildman–Crippen LogP) is 3.20. The summed E-state index contributed by atoms with van der Waals surface area (Å²) < 4.78 is 0. The first-order valence-corrected chi connectivity index (χ1v) is 6.68. The highest BCUT2D eigenvalue weighted by molar-refractivity contribution is 5.66. The van der Waals surface area contributed by atoms with Gasteiger partial charge >= 0.3 is 0 Å². The lowest BCUT2D eigenvalue weighted by Gasteiger charge is -2.23. The summed E-state index contributed by atoms with van der Waals surface area (Å²) in [7, 11) is 0. The molecule has 0 aliphatic carbocycles. The van der Waals surface area contributed by atoms with E-state index in [1.807, 2.05) is 6.20 Å². The molecule has 94 valence electrons. The molecule has 1 aromatic carbocycles. The van der Waals surface area contributed by atoms with Crippen molar-refractivity contribution in [3.05, 3.63) is 41.7 Å². The molecular formula is C15H19N3. The molecule has 0 saturated carbocycles. The molecule has 1 aromatic heterocycles. The number of rotatable bonds is 2. The molecule has 1 atom stereocenters. The van der Waals surface area contributed by atoms with E-state index in [-0.39, 0.29) is 0 Å². The smallest absolute Gasteiger partial charge is 0.0599 e. The highest BCUT2D eigenvalue weighted by Gasteiger charge is 2.20. The average Bonchev–Trinajstić information content (AvgIpc) is 2.89. The number of benzene rings is 1. The van der Waals surface area contributed by atoms with Crippen LogP contribution in [-0.4, -0.2) is 16.7 Å². The predicted molar refractivity (Wildman–Crippen MR) is 73.4 cm³/mol. The Bertz CT molecular complexity index is 524. The van der Waals surface area contributed by atoms with Gasteiger partial charge in [-0.2, -0.15) is 5.10 Å². The molecule has 1 unspecified atom stereocenters. The van der Waals surface area contributed by atoms with Crippen LogP contribution in [0.1, 0.15) is 36.6 Å². The fourth-order valence-electron chi connectivity index (χ4n) is 2.70. The number of nitrogens with one attached hydrogen (secondary N) is 2. The molecule has 1 saturated heterocycles. The van der Waals surface area contributed by atoms with Crippen molar-refractivity contribution >= 4 is 0 Å². The van der Waals surface area contributed by atoms with Crippen LogP contribution in [-0.2, 0) is 0 Å². The molecule has 0 spiro atoms. The highest BCUT2D eigenvalue weighted by Crippen LogP contribution is 2.30. The van der Waals surface area contributed by atoms with Gasteiger partial charge in [-0.05, 0) is 31.9 Å². The Labute approximate surface area is 108 Å². The van der Waals surface area contributed by atoms with Crippen molar-refractivity contribution in [2.75, 3.05) is 6.54 Å². The van der Waals surface area contributed by atoms with Gasteiger partial charge in [0.1, 0.15) is 0 Å². The van der Waals surface area contributed by atoms with E-state index in [4.69, 9.17) is 0 Å². The van der Waals surface area contributed by atoms with Crippen molar-refractivity contribution in [1.82, 2.24) is 15.5 Å². The molecule has 3 heteroatoms. The lowest BCUT2D eigenvalue weighted by atomic mass is 9.96. The Morgan fingerprint density at radius 3 is 3.00 bits per heavy atom. The molecule has 1 aliphatic heterocycles. The summed E-state index contributed by atoms with van der Waals surface area (Å²) in [5.41, 5.74) is 5.01. The monoisotopic (exact) mass is 241 g/mol. The minimum atomic E-state index is 0.428. The summed E-state index contributed by atoms with van der Waals surface area (Å²) in [6.45, 7) is 3.24. The Morgan fingerprint density at radius 1 is 1.28 bits per heavy atom. The maximum atomic E-state index is 4.24. The van der Waals surface area contributed by atoms with E-state index in [1.54, 1.807) is 0 Å². The minimum absolute atomic E-state index is 0.428. The van der Waals surface area contributed by atoms with Gasteiger partial charge in [-0.1, -0.05) is 36.2 Å². The van der Waals surface area contributed by atoms with Crippen molar-refractivity contribution in [3.8, 4) is 11.1 Å². The van der Waals surface area contributed by atoms with E-state index in [0.29, 0.717) is 6.04 Å². The van der Waals surface area contributed by atoms with Gasteiger partial charge in [-0.15, -0.1) is 0 Å². The number of aryl methyl sites for hydroxylation is 1. The second-order valence-corrected chi connectivity index (χ2v) is 5.07. The van der Waals surface area contributed by atoms with Gasteiger partial charge in [0.15, 0.2) is 0 Å². The first kappa shape index (κ1) is 11.5. The normalized spacial score (nSPS) is 19.9. The second-order valence-electron chi connectivity index (χ2n) is 5.07. The van der Waals surface area contributed by atoms with Gasteiger partial charge in [0.25, 0.3) is 0 Å². The molecule has 18 heavy (non-hydrogen) atoms. The maximum Gasteiger partial charge on any atom is 0.0599 e. The summed E-state index contributed by atoms with van der Waals surface area (Å²) in [4.78, 5) is 0. The van der Waals surface area contributed by atoms with Gasteiger partial charge in [-0.3, -0.25) is 5.10 Å². The van der Waals surface area contributed by atoms with Crippen LogP contribution >= 0.6 is 0 Å². The fourth-order valence-corrected chi connectivity index (χ4v) is 2.70. The van der Waals surface area contributed by atoms with E-state index in [0.717, 1.165) is 6.54 Å². The van der Waals surface area contributed by atoms with E-state index in [2.05, 4.69) is 46.7 Å². The van der Waals surface area contributed by atoms with Crippen LogP contribution in [0.4, 0.5) is 0 Å². The Kier molecular flexibility index (Phi) is 3.15. The molecule has 2 heterocycles. The van der Waals surface area contributed by atoms with Crippen LogP contribution in [0.2, 0.25) is 0 Å². The molecule has 1 aliphatic rings. The largest absolute Gasteiger partial charge is 0.309 e. The molecule has 1 fully saturated rings. The number of H-pyrrole nitrogens is 1. The fraction of sp³-hybridized carbons (Fsp3) is 0.400. The van der Waals surface area contributed by atoms with E-state index >= 15 is 0 Å². The Morgan fingerprint density at radius 2 is 2.22 bits per heavy atom. The number of nitrogens with zero attached hydrogens (tertiary/aromatic N) is 1. The van der Waals surface area contributed by atoms with Crippen LogP contribution in [0.25, 0.3) is 11.1 Å². The highest BCUT2D eigenvalue weighted by atomic mass is 15.1. The lowest BCUT2D eigenvalue weighted by Crippen LogP contribution is -2.27. The third-order valence-electron chi connectivity index (χ3n) is 3.66. The summed E-state index contributed by atoms with van der Waals surface area (Å²) in [6, 6.07) is 9.04. The number of aromatic nitrogens is 2. The summed E-state index contributed by atoms with van der Waals surface area (Å²) in [6.07, 6.45) is 5.72. The second kappa shape index (κ2) is 4.94. The molecule has 0 amide bonds. The summed E-state index contributed by atoms with van der Waals surface area (Å²) in [5.74, 6) is 0. The molecular weight excluding hydrogens is 222 g/mol. The van der Waals surface area contributed by atoms with Crippen LogP contribution in [0.3, 0.4) is 0 Å². The summed E-state index contributed by atoms with van der Waals surface area (Å²) in [5, 5.41) is 11.0. The van der Waals surface area contributed by atoms with E-state index in [1.165, 1.54) is 41.6 Å². The van der Waals surface area contributed by atoms with Crippen molar-refractivity contribution < 1.29 is 0 Å². The molecule has 3 nitrogen and oxygen atoms in total. The SMILES string of the molecule is Cc1cccc(-c2cn[nH]c2C2CCCCN2)c1. The third kappa shape index (κ3) is 2.18. The van der Waals surface area contributed by atoms with Crippen molar-refractivity contribution in [3.63, 3.8) is 0 Å². The van der Waals surface area contributed by atoms with E-state index < -0.39 is 0 Å².